The molecule has 2 amide bonds. The molecule has 31 heavy (non-hydrogen) atoms. The zero-order chi connectivity index (χ0) is 21.6. The van der Waals surface area contributed by atoms with Gasteiger partial charge in [-0.05, 0) is 35.4 Å². The number of carbonyl (C=O) groups is 2. The number of piperazine rings is 1. The van der Waals surface area contributed by atoms with Crippen LogP contribution in [0.4, 0.5) is 0 Å². The summed E-state index contributed by atoms with van der Waals surface area (Å²) in [6, 6.07) is 24.2. The molecule has 160 valence electrons. The number of nitrogens with one attached hydrogen (secondary N) is 1. The molecule has 0 aromatic heterocycles. The lowest BCUT2D eigenvalue weighted by Gasteiger charge is -2.40. The van der Waals surface area contributed by atoms with E-state index in [1.165, 1.54) is 5.56 Å². The van der Waals surface area contributed by atoms with E-state index in [0.717, 1.165) is 37.0 Å². The fraction of sp³-hybridized carbons (Fsp3) is 0.308. The van der Waals surface area contributed by atoms with Gasteiger partial charge < -0.3 is 10.2 Å². The Kier molecular flexibility index (Phi) is 6.63. The normalized spacial score (nSPS) is 16.9. The monoisotopic (exact) mass is 415 g/mol. The van der Waals surface area contributed by atoms with Crippen molar-refractivity contribution in [3.8, 4) is 0 Å². The average molecular weight is 416 g/mol. The summed E-state index contributed by atoms with van der Waals surface area (Å²) >= 11 is 0. The highest BCUT2D eigenvalue weighted by molar-refractivity contribution is 5.98. The van der Waals surface area contributed by atoms with Gasteiger partial charge in [-0.25, -0.2) is 0 Å². The van der Waals surface area contributed by atoms with Crippen LogP contribution in [0.1, 0.15) is 29.3 Å². The summed E-state index contributed by atoms with van der Waals surface area (Å²) in [5.41, 5.74) is 1.92. The van der Waals surface area contributed by atoms with Crippen LogP contribution in [0.5, 0.6) is 0 Å². The molecule has 0 aliphatic carbocycles. The number of fused-ring (bicyclic) bond motifs is 1. The van der Waals surface area contributed by atoms with Crippen LogP contribution in [0.2, 0.25) is 0 Å². The molecular weight excluding hydrogens is 386 g/mol. The number of hydrogen-bond donors (Lipinski definition) is 1. The highest BCUT2D eigenvalue weighted by Gasteiger charge is 2.27. The zero-order valence-corrected chi connectivity index (χ0v) is 18.0. The minimum atomic E-state index is -0.140. The van der Waals surface area contributed by atoms with Gasteiger partial charge in [0.05, 0.1) is 0 Å². The van der Waals surface area contributed by atoms with Gasteiger partial charge in [-0.15, -0.1) is 0 Å². The summed E-state index contributed by atoms with van der Waals surface area (Å²) < 4.78 is 0. The van der Waals surface area contributed by atoms with Crippen LogP contribution in [0.3, 0.4) is 0 Å². The van der Waals surface area contributed by atoms with Gasteiger partial charge in [0.15, 0.2) is 0 Å². The Morgan fingerprint density at radius 3 is 2.45 bits per heavy atom. The van der Waals surface area contributed by atoms with Crippen LogP contribution < -0.4 is 5.32 Å². The Morgan fingerprint density at radius 2 is 1.68 bits per heavy atom. The molecule has 0 radical (unpaired) electrons. The second-order valence-electron chi connectivity index (χ2n) is 8.22. The summed E-state index contributed by atoms with van der Waals surface area (Å²) in [5, 5.41) is 5.03. The highest BCUT2D eigenvalue weighted by Crippen LogP contribution is 2.16. The molecule has 1 N–H and O–H groups in total. The Labute approximate surface area is 183 Å². The van der Waals surface area contributed by atoms with Gasteiger partial charge in [0.25, 0.3) is 5.91 Å². The molecular formula is C26H29N3O2. The van der Waals surface area contributed by atoms with E-state index >= 15 is 0 Å². The molecule has 3 aromatic rings. The number of amides is 2. The molecule has 1 unspecified atom stereocenters. The van der Waals surface area contributed by atoms with E-state index in [4.69, 9.17) is 0 Å². The lowest BCUT2D eigenvalue weighted by molar-refractivity contribution is -0.135. The molecule has 3 aromatic carbocycles. The first-order valence-corrected chi connectivity index (χ1v) is 10.9. The van der Waals surface area contributed by atoms with Crippen molar-refractivity contribution in [1.29, 1.82) is 0 Å². The molecule has 0 saturated carbocycles. The molecule has 1 aliphatic heterocycles. The second kappa shape index (κ2) is 9.75. The van der Waals surface area contributed by atoms with Gasteiger partial charge in [0.1, 0.15) is 0 Å². The van der Waals surface area contributed by atoms with E-state index < -0.39 is 0 Å². The molecule has 1 fully saturated rings. The lowest BCUT2D eigenvalue weighted by Crippen LogP contribution is -2.54. The zero-order valence-electron chi connectivity index (χ0n) is 18.0. The van der Waals surface area contributed by atoms with E-state index in [2.05, 4.69) is 41.4 Å². The maximum absolute atomic E-state index is 12.7. The first-order valence-electron chi connectivity index (χ1n) is 10.9. The molecule has 1 saturated heterocycles. The van der Waals surface area contributed by atoms with Gasteiger partial charge in [0.2, 0.25) is 5.91 Å². The van der Waals surface area contributed by atoms with E-state index in [9.17, 15) is 9.59 Å². The maximum atomic E-state index is 12.7. The Hall–Kier alpha value is -3.18. The Balaban J connectivity index is 1.24. The van der Waals surface area contributed by atoms with Crippen molar-refractivity contribution in [3.63, 3.8) is 0 Å². The van der Waals surface area contributed by atoms with Gasteiger partial charge >= 0.3 is 0 Å². The number of nitrogens with zero attached hydrogens (tertiary/aromatic N) is 2. The van der Waals surface area contributed by atoms with E-state index in [-0.39, 0.29) is 17.9 Å². The first-order chi connectivity index (χ1) is 15.1. The van der Waals surface area contributed by atoms with Crippen LogP contribution >= 0.6 is 0 Å². The van der Waals surface area contributed by atoms with Crippen LogP contribution in [0.25, 0.3) is 10.8 Å². The molecule has 5 heteroatoms. The highest BCUT2D eigenvalue weighted by atomic mass is 16.2. The fourth-order valence-corrected chi connectivity index (χ4v) is 4.25. The molecule has 1 atom stereocenters. The fourth-order valence-electron chi connectivity index (χ4n) is 4.25. The Morgan fingerprint density at radius 1 is 0.935 bits per heavy atom. The van der Waals surface area contributed by atoms with Crippen molar-refractivity contribution in [2.24, 2.45) is 0 Å². The minimum Gasteiger partial charge on any atom is -0.352 e. The van der Waals surface area contributed by atoms with Crippen LogP contribution in [0.15, 0.2) is 72.8 Å². The summed E-state index contributed by atoms with van der Waals surface area (Å²) in [5.74, 6) is -0.0371. The van der Waals surface area contributed by atoms with Crippen molar-refractivity contribution in [3.05, 3.63) is 83.9 Å². The molecule has 5 nitrogen and oxygen atoms in total. The SMILES string of the molecule is CC1CN(Cc2ccccc2)CCN1C(=O)CCNC(=O)c1ccc2ccccc2c1. The molecule has 1 aliphatic rings. The lowest BCUT2D eigenvalue weighted by atomic mass is 10.1. The Bertz CT molecular complexity index is 1050. The van der Waals surface area contributed by atoms with Crippen LogP contribution in [-0.4, -0.2) is 53.8 Å². The largest absolute Gasteiger partial charge is 0.352 e. The summed E-state index contributed by atoms with van der Waals surface area (Å²) in [6.07, 6.45) is 0.322. The minimum absolute atomic E-state index is 0.102. The molecule has 4 rings (SSSR count). The third kappa shape index (κ3) is 5.30. The standard InChI is InChI=1S/C26H29N3O2/c1-20-18-28(19-21-7-3-2-4-8-21)15-16-29(20)25(30)13-14-27-26(31)24-12-11-22-9-5-6-10-23(22)17-24/h2-12,17,20H,13-16,18-19H2,1H3,(H,27,31). The quantitative estimate of drug-likeness (QED) is 0.668. The van der Waals surface area contributed by atoms with E-state index in [0.29, 0.717) is 18.5 Å². The number of carbonyl (C=O) groups excluding carboxylic acids is 2. The number of benzene rings is 3. The number of hydrogen-bond acceptors (Lipinski definition) is 3. The van der Waals surface area contributed by atoms with Gasteiger partial charge in [-0.3, -0.25) is 14.5 Å². The molecule has 1 heterocycles. The summed E-state index contributed by atoms with van der Waals surface area (Å²) in [6.45, 7) is 5.82. The van der Waals surface area contributed by atoms with Gasteiger partial charge in [-0.1, -0.05) is 60.7 Å². The molecule has 0 bridgehead atoms. The van der Waals surface area contributed by atoms with E-state index in [1.807, 2.05) is 53.4 Å². The van der Waals surface area contributed by atoms with Gasteiger partial charge in [-0.2, -0.15) is 0 Å². The van der Waals surface area contributed by atoms with Crippen molar-refractivity contribution in [1.82, 2.24) is 15.1 Å². The van der Waals surface area contributed by atoms with Crippen molar-refractivity contribution >= 4 is 22.6 Å². The van der Waals surface area contributed by atoms with Crippen molar-refractivity contribution in [2.45, 2.75) is 25.9 Å². The average Bonchev–Trinajstić information content (AvgIpc) is 2.79. The predicted molar refractivity (Wildman–Crippen MR) is 124 cm³/mol. The van der Waals surface area contributed by atoms with Gasteiger partial charge in [0, 0.05) is 50.7 Å². The smallest absolute Gasteiger partial charge is 0.251 e. The molecule has 0 spiro atoms. The van der Waals surface area contributed by atoms with E-state index in [1.54, 1.807) is 0 Å². The maximum Gasteiger partial charge on any atom is 0.251 e. The first kappa shape index (κ1) is 21.1. The van der Waals surface area contributed by atoms with Crippen molar-refractivity contribution in [2.75, 3.05) is 26.2 Å². The third-order valence-corrected chi connectivity index (χ3v) is 5.92. The van der Waals surface area contributed by atoms with Crippen molar-refractivity contribution < 1.29 is 9.59 Å². The predicted octanol–water partition coefficient (Wildman–Crippen LogP) is 3.69. The topological polar surface area (TPSA) is 52.6 Å². The summed E-state index contributed by atoms with van der Waals surface area (Å²) in [4.78, 5) is 29.5. The second-order valence-corrected chi connectivity index (χ2v) is 8.22. The van der Waals surface area contributed by atoms with Crippen LogP contribution in [0, 0.1) is 0 Å². The van der Waals surface area contributed by atoms with Crippen LogP contribution in [-0.2, 0) is 11.3 Å². The number of rotatable bonds is 6. The third-order valence-electron chi connectivity index (χ3n) is 5.92. The summed E-state index contributed by atoms with van der Waals surface area (Å²) in [7, 11) is 0.